The minimum absolute atomic E-state index is 0.0238. The molecule has 0 spiro atoms. The van der Waals surface area contributed by atoms with Crippen LogP contribution in [0.4, 0.5) is 5.69 Å². The zero-order chi connectivity index (χ0) is 14.1. The maximum atomic E-state index is 11.9. The summed E-state index contributed by atoms with van der Waals surface area (Å²) in [4.78, 5) is 11.9. The third-order valence-electron chi connectivity index (χ3n) is 3.49. The van der Waals surface area contributed by atoms with Gasteiger partial charge in [-0.15, -0.1) is 0 Å². The van der Waals surface area contributed by atoms with Gasteiger partial charge in [0.1, 0.15) is 0 Å². The summed E-state index contributed by atoms with van der Waals surface area (Å²) in [6, 6.07) is 5.57. The molecule has 0 saturated heterocycles. The molecule has 0 saturated carbocycles. The third kappa shape index (κ3) is 1.99. The third-order valence-corrected chi connectivity index (χ3v) is 3.49. The van der Waals surface area contributed by atoms with Gasteiger partial charge in [0, 0.05) is 36.0 Å². The van der Waals surface area contributed by atoms with Crippen LogP contribution in [-0.4, -0.2) is 30.3 Å². The van der Waals surface area contributed by atoms with Crippen LogP contribution in [-0.2, 0) is 4.79 Å². The van der Waals surface area contributed by atoms with Crippen molar-refractivity contribution in [3.05, 3.63) is 35.7 Å². The lowest BCUT2D eigenvalue weighted by molar-refractivity contribution is -0.116. The highest BCUT2D eigenvalue weighted by Gasteiger charge is 2.29. The molecule has 1 unspecified atom stereocenters. The van der Waals surface area contributed by atoms with E-state index in [0.29, 0.717) is 17.9 Å². The molecule has 3 rings (SSSR count). The number of nitrogens with zero attached hydrogens (tertiary/aromatic N) is 1. The summed E-state index contributed by atoms with van der Waals surface area (Å²) in [5, 5.41) is 9.76. The van der Waals surface area contributed by atoms with Crippen molar-refractivity contribution >= 4 is 11.6 Å². The highest BCUT2D eigenvalue weighted by atomic mass is 16.5. The van der Waals surface area contributed by atoms with Gasteiger partial charge in [-0.25, -0.2) is 0 Å². The summed E-state index contributed by atoms with van der Waals surface area (Å²) in [5.41, 5.74) is 2.65. The number of aromatic nitrogens is 2. The van der Waals surface area contributed by atoms with Crippen LogP contribution in [0.1, 0.15) is 23.6 Å². The topological polar surface area (TPSA) is 76.2 Å². The number of fused-ring (bicyclic) bond motifs is 1. The number of rotatable bonds is 3. The van der Waals surface area contributed by atoms with Gasteiger partial charge in [-0.1, -0.05) is 0 Å². The summed E-state index contributed by atoms with van der Waals surface area (Å²) in [6.07, 6.45) is 2.06. The number of anilines is 1. The van der Waals surface area contributed by atoms with Gasteiger partial charge in [-0.3, -0.25) is 9.89 Å². The van der Waals surface area contributed by atoms with E-state index < -0.39 is 0 Å². The van der Waals surface area contributed by atoms with E-state index in [-0.39, 0.29) is 11.8 Å². The van der Waals surface area contributed by atoms with E-state index in [9.17, 15) is 4.79 Å². The zero-order valence-corrected chi connectivity index (χ0v) is 11.3. The number of carbonyl (C=O) groups excluding carboxylic acids is 1. The molecule has 0 radical (unpaired) electrons. The number of aromatic amines is 1. The molecule has 1 aromatic heterocycles. The molecule has 104 valence electrons. The molecule has 1 amide bonds. The molecule has 2 aromatic rings. The number of hydrogen-bond donors (Lipinski definition) is 2. The Balaban J connectivity index is 2.13. The molecule has 2 heterocycles. The van der Waals surface area contributed by atoms with E-state index in [0.717, 1.165) is 16.9 Å². The highest BCUT2D eigenvalue weighted by molar-refractivity contribution is 5.95. The van der Waals surface area contributed by atoms with Crippen LogP contribution in [0.15, 0.2) is 24.4 Å². The molecule has 6 heteroatoms. The monoisotopic (exact) mass is 273 g/mol. The number of hydrogen-bond acceptors (Lipinski definition) is 4. The first kappa shape index (κ1) is 12.5. The van der Waals surface area contributed by atoms with E-state index in [4.69, 9.17) is 9.47 Å². The normalized spacial score (nSPS) is 17.3. The molecule has 1 atom stereocenters. The van der Waals surface area contributed by atoms with Gasteiger partial charge in [0.05, 0.1) is 14.2 Å². The molecule has 1 aromatic carbocycles. The Morgan fingerprint density at radius 2 is 2.00 bits per heavy atom. The lowest BCUT2D eigenvalue weighted by Gasteiger charge is -2.26. The number of methoxy groups -OCH3 is 2. The van der Waals surface area contributed by atoms with Crippen LogP contribution < -0.4 is 14.8 Å². The minimum Gasteiger partial charge on any atom is -0.493 e. The van der Waals surface area contributed by atoms with Gasteiger partial charge < -0.3 is 14.8 Å². The van der Waals surface area contributed by atoms with E-state index in [1.807, 2.05) is 12.1 Å². The fourth-order valence-corrected chi connectivity index (χ4v) is 2.53. The first-order chi connectivity index (χ1) is 9.72. The van der Waals surface area contributed by atoms with Crippen LogP contribution in [0.2, 0.25) is 0 Å². The first-order valence-electron chi connectivity index (χ1n) is 6.28. The predicted octanol–water partition coefficient (Wildman–Crippen LogP) is 1.90. The average molecular weight is 273 g/mol. The molecule has 20 heavy (non-hydrogen) atoms. The predicted molar refractivity (Wildman–Crippen MR) is 73.2 cm³/mol. The van der Waals surface area contributed by atoms with Crippen LogP contribution in [0.3, 0.4) is 0 Å². The van der Waals surface area contributed by atoms with Crippen molar-refractivity contribution in [1.82, 2.24) is 10.2 Å². The lowest BCUT2D eigenvalue weighted by atomic mass is 9.87. The first-order valence-corrected chi connectivity index (χ1v) is 6.28. The number of benzene rings is 1. The number of ether oxygens (including phenoxy) is 2. The summed E-state index contributed by atoms with van der Waals surface area (Å²) in [6.45, 7) is 0. The number of nitrogens with one attached hydrogen (secondary N) is 2. The summed E-state index contributed by atoms with van der Waals surface area (Å²) < 4.78 is 10.6. The van der Waals surface area contributed by atoms with Gasteiger partial charge in [0.25, 0.3) is 0 Å². The number of amides is 1. The van der Waals surface area contributed by atoms with Gasteiger partial charge in [0.15, 0.2) is 11.5 Å². The SMILES string of the molecule is COc1cc2c(cc1OC)C(c1ccn[nH]1)CC(=O)N2. The fourth-order valence-electron chi connectivity index (χ4n) is 2.53. The molecule has 6 nitrogen and oxygen atoms in total. The standard InChI is InChI=1S/C14H15N3O3/c1-19-12-5-8-9(10-3-4-15-17-10)6-14(18)16-11(8)7-13(12)20-2/h3-5,7,9H,6H2,1-2H3,(H,15,17)(H,16,18). The Bertz CT molecular complexity index is 637. The largest absolute Gasteiger partial charge is 0.493 e. The Hall–Kier alpha value is -2.50. The van der Waals surface area contributed by atoms with Crippen molar-refractivity contribution in [1.29, 1.82) is 0 Å². The van der Waals surface area contributed by atoms with E-state index in [1.165, 1.54) is 0 Å². The molecule has 0 bridgehead atoms. The van der Waals surface area contributed by atoms with Crippen molar-refractivity contribution in [2.24, 2.45) is 0 Å². The molecular formula is C14H15N3O3. The van der Waals surface area contributed by atoms with E-state index in [1.54, 1.807) is 26.5 Å². The van der Waals surface area contributed by atoms with Crippen molar-refractivity contribution in [2.75, 3.05) is 19.5 Å². The Kier molecular flexibility index (Phi) is 3.06. The summed E-state index contributed by atoms with van der Waals surface area (Å²) >= 11 is 0. The van der Waals surface area contributed by atoms with Gasteiger partial charge in [-0.05, 0) is 17.7 Å². The zero-order valence-electron chi connectivity index (χ0n) is 11.3. The van der Waals surface area contributed by atoms with Crippen molar-refractivity contribution in [3.8, 4) is 11.5 Å². The quantitative estimate of drug-likeness (QED) is 0.895. The van der Waals surface area contributed by atoms with Crippen LogP contribution >= 0.6 is 0 Å². The number of carbonyl (C=O) groups is 1. The van der Waals surface area contributed by atoms with Gasteiger partial charge >= 0.3 is 0 Å². The molecular weight excluding hydrogens is 258 g/mol. The van der Waals surface area contributed by atoms with Crippen LogP contribution in [0.25, 0.3) is 0 Å². The fraction of sp³-hybridized carbons (Fsp3) is 0.286. The van der Waals surface area contributed by atoms with Crippen LogP contribution in [0.5, 0.6) is 11.5 Å². The Labute approximate surface area is 116 Å². The molecule has 2 N–H and O–H groups in total. The van der Waals surface area contributed by atoms with Crippen molar-refractivity contribution in [3.63, 3.8) is 0 Å². The van der Waals surface area contributed by atoms with Crippen molar-refractivity contribution < 1.29 is 14.3 Å². The summed E-state index contributed by atoms with van der Waals surface area (Å²) in [5.74, 6) is 1.16. The van der Waals surface area contributed by atoms with Gasteiger partial charge in [-0.2, -0.15) is 5.10 Å². The summed E-state index contributed by atoms with van der Waals surface area (Å²) in [7, 11) is 3.16. The Morgan fingerprint density at radius 1 is 1.25 bits per heavy atom. The molecule has 1 aliphatic heterocycles. The van der Waals surface area contributed by atoms with E-state index >= 15 is 0 Å². The molecule has 0 fully saturated rings. The average Bonchev–Trinajstić information content (AvgIpc) is 2.98. The smallest absolute Gasteiger partial charge is 0.225 e. The lowest BCUT2D eigenvalue weighted by Crippen LogP contribution is -2.23. The molecule has 1 aliphatic rings. The second-order valence-electron chi connectivity index (χ2n) is 4.61. The van der Waals surface area contributed by atoms with Crippen LogP contribution in [0, 0.1) is 0 Å². The van der Waals surface area contributed by atoms with Gasteiger partial charge in [0.2, 0.25) is 5.91 Å². The maximum Gasteiger partial charge on any atom is 0.225 e. The highest BCUT2D eigenvalue weighted by Crippen LogP contribution is 2.42. The second kappa shape index (κ2) is 4.88. The minimum atomic E-state index is -0.0546. The maximum absolute atomic E-state index is 11.9. The van der Waals surface area contributed by atoms with E-state index in [2.05, 4.69) is 15.5 Å². The molecule has 0 aliphatic carbocycles. The van der Waals surface area contributed by atoms with Crippen molar-refractivity contribution in [2.45, 2.75) is 12.3 Å². The Morgan fingerprint density at radius 3 is 2.65 bits per heavy atom. The second-order valence-corrected chi connectivity index (χ2v) is 4.61. The number of H-pyrrole nitrogens is 1.